The number of methoxy groups -OCH3 is 2. The van der Waals surface area contributed by atoms with Gasteiger partial charge < -0.3 is 24.0 Å². The second-order valence-electron chi connectivity index (χ2n) is 14.3. The lowest BCUT2D eigenvalue weighted by molar-refractivity contribution is -0.438. The van der Waals surface area contributed by atoms with Gasteiger partial charge in [-0.1, -0.05) is 18.2 Å². The van der Waals surface area contributed by atoms with Gasteiger partial charge in [-0.05, 0) is 87.9 Å². The zero-order chi connectivity index (χ0) is 41.5. The molecular weight excluding hydrogens is 789 g/mol. The van der Waals surface area contributed by atoms with Crippen molar-refractivity contribution in [2.45, 2.75) is 79.4 Å². The fraction of sp³-hybridized carbons (Fsp3) is 0.474. The standard InChI is InChI=1S/C38H50N2O13S3/c1-37(19-23-52-3)30-26-28(55(46,47)48)15-17-32(30)39(21-10-6-9-14-36(41)42)34(37)12-7-5-8-13-35-38(2,20-24-53-4)31-27-29(56(49,50)51)16-18-33(31)40(35)22-11-25-54(43,44)45/h5,7-8,12-13,15-18,26-27H,6,9-11,14,19-25H2,1-4H3,(H3-,41,42,43,44,45,46,47,48,49,50,51). The zero-order valence-corrected chi connectivity index (χ0v) is 34.3. The highest BCUT2D eigenvalue weighted by molar-refractivity contribution is 7.86. The molecule has 0 aromatic heterocycles. The Bertz CT molecular complexity index is 2250. The second-order valence-corrected chi connectivity index (χ2v) is 18.6. The monoisotopic (exact) mass is 838 g/mol. The maximum Gasteiger partial charge on any atom is 0.303 e. The predicted octanol–water partition coefficient (Wildman–Crippen LogP) is 4.96. The number of allylic oxidation sites excluding steroid dienone is 6. The van der Waals surface area contributed by atoms with E-state index in [0.717, 1.165) is 11.4 Å². The smallest absolute Gasteiger partial charge is 0.303 e. The highest BCUT2D eigenvalue weighted by Gasteiger charge is 2.48. The first-order chi connectivity index (χ1) is 26.2. The average molecular weight is 839 g/mol. The van der Waals surface area contributed by atoms with Crippen molar-refractivity contribution >= 4 is 53.4 Å². The molecule has 308 valence electrons. The minimum absolute atomic E-state index is 0.0447. The average Bonchev–Trinajstić information content (AvgIpc) is 3.48. The molecule has 3 N–H and O–H groups in total. The summed E-state index contributed by atoms with van der Waals surface area (Å²) in [6, 6.07) is 8.54. The van der Waals surface area contributed by atoms with Crippen molar-refractivity contribution in [2.75, 3.05) is 51.2 Å². The molecule has 0 saturated heterocycles. The number of carboxylic acid groups (broad SMARTS) is 1. The summed E-state index contributed by atoms with van der Waals surface area (Å²) >= 11 is 0. The Morgan fingerprint density at radius 2 is 1.48 bits per heavy atom. The predicted molar refractivity (Wildman–Crippen MR) is 209 cm³/mol. The molecule has 0 radical (unpaired) electrons. The number of hydrogen-bond acceptors (Lipinski definition) is 11. The number of rotatable bonds is 21. The van der Waals surface area contributed by atoms with E-state index in [1.807, 2.05) is 37.0 Å². The van der Waals surface area contributed by atoms with Crippen LogP contribution in [0.2, 0.25) is 0 Å². The number of fused-ring (bicyclic) bond motifs is 2. The number of anilines is 1. The van der Waals surface area contributed by atoms with Crippen LogP contribution in [-0.4, -0.2) is 107 Å². The summed E-state index contributed by atoms with van der Waals surface area (Å²) in [5, 5.41) is 9.10. The van der Waals surface area contributed by atoms with Gasteiger partial charge in [-0.3, -0.25) is 13.9 Å². The molecule has 2 aliphatic rings. The van der Waals surface area contributed by atoms with Crippen molar-refractivity contribution in [3.8, 4) is 0 Å². The van der Waals surface area contributed by atoms with Crippen molar-refractivity contribution in [2.24, 2.45) is 0 Å². The molecule has 56 heavy (non-hydrogen) atoms. The van der Waals surface area contributed by atoms with Crippen LogP contribution >= 0.6 is 0 Å². The minimum Gasteiger partial charge on any atom is -0.744 e. The SMILES string of the molecule is COCCC1(C)C(/C=C/C=C/C=C2/N(CCCS(=O)(=O)O)c3ccc(S(=O)(=O)[O-])cc3C2(C)CCOC)=[N+](CCCCCC(=O)O)c2ccc(S(=O)(=O)O)cc21. The Morgan fingerprint density at radius 3 is 2.09 bits per heavy atom. The van der Waals surface area contributed by atoms with Crippen molar-refractivity contribution in [1.29, 1.82) is 0 Å². The van der Waals surface area contributed by atoms with E-state index in [-0.39, 0.29) is 30.9 Å². The maximum atomic E-state index is 12.2. The molecule has 0 spiro atoms. The number of carbonyl (C=O) groups is 1. The van der Waals surface area contributed by atoms with Gasteiger partial charge in [-0.25, -0.2) is 8.42 Å². The van der Waals surface area contributed by atoms with Crippen molar-refractivity contribution in [1.82, 2.24) is 0 Å². The fourth-order valence-corrected chi connectivity index (χ4v) is 8.98. The van der Waals surface area contributed by atoms with Crippen LogP contribution in [0, 0.1) is 0 Å². The van der Waals surface area contributed by atoms with Gasteiger partial charge in [0.2, 0.25) is 5.69 Å². The van der Waals surface area contributed by atoms with E-state index in [9.17, 15) is 43.7 Å². The van der Waals surface area contributed by atoms with Gasteiger partial charge in [-0.2, -0.15) is 21.4 Å². The highest BCUT2D eigenvalue weighted by atomic mass is 32.2. The lowest BCUT2D eigenvalue weighted by Gasteiger charge is -2.30. The lowest BCUT2D eigenvalue weighted by Crippen LogP contribution is -2.33. The summed E-state index contributed by atoms with van der Waals surface area (Å²) in [6.07, 6.45) is 11.8. The number of aliphatic carboxylic acids is 1. The van der Waals surface area contributed by atoms with Gasteiger partial charge in [0.25, 0.3) is 20.2 Å². The first kappa shape index (κ1) is 45.0. The summed E-state index contributed by atoms with van der Waals surface area (Å²) in [4.78, 5) is 12.3. The topological polar surface area (TPSA) is 228 Å². The van der Waals surface area contributed by atoms with Crippen molar-refractivity contribution in [3.63, 3.8) is 0 Å². The van der Waals surface area contributed by atoms with Crippen LogP contribution in [0.4, 0.5) is 11.4 Å². The van der Waals surface area contributed by atoms with E-state index in [2.05, 4.69) is 4.58 Å². The summed E-state index contributed by atoms with van der Waals surface area (Å²) < 4.78 is 116. The van der Waals surface area contributed by atoms with Gasteiger partial charge in [0.1, 0.15) is 16.7 Å². The number of nitrogens with zero attached hydrogens (tertiary/aromatic N) is 2. The Morgan fingerprint density at radius 1 is 0.839 bits per heavy atom. The fourth-order valence-electron chi connectivity index (χ4n) is 7.49. The van der Waals surface area contributed by atoms with Crippen LogP contribution in [0.3, 0.4) is 0 Å². The molecule has 0 saturated carbocycles. The third-order valence-corrected chi connectivity index (χ3v) is 12.9. The number of carboxylic acids is 1. The first-order valence-electron chi connectivity index (χ1n) is 18.0. The normalized spacial score (nSPS) is 20.8. The van der Waals surface area contributed by atoms with Crippen LogP contribution < -0.4 is 4.90 Å². The molecule has 0 aliphatic carbocycles. The minimum atomic E-state index is -4.80. The number of benzene rings is 2. The quantitative estimate of drug-likeness (QED) is 0.0654. The molecule has 4 rings (SSSR count). The van der Waals surface area contributed by atoms with E-state index >= 15 is 0 Å². The molecule has 2 aromatic rings. The largest absolute Gasteiger partial charge is 0.744 e. The number of unbranched alkanes of at least 4 members (excludes halogenated alkanes) is 2. The molecule has 0 fully saturated rings. The van der Waals surface area contributed by atoms with Gasteiger partial charge in [0.15, 0.2) is 5.71 Å². The molecule has 0 bridgehead atoms. The number of hydrogen-bond donors (Lipinski definition) is 3. The van der Waals surface area contributed by atoms with Crippen LogP contribution in [0.1, 0.15) is 69.9 Å². The molecule has 15 nitrogen and oxygen atoms in total. The van der Waals surface area contributed by atoms with E-state index in [4.69, 9.17) is 14.6 Å². The summed E-state index contributed by atoms with van der Waals surface area (Å²) in [5.41, 5.74) is 2.42. The Balaban J connectivity index is 1.79. The summed E-state index contributed by atoms with van der Waals surface area (Å²) in [7, 11) is -10.5. The Kier molecular flexibility index (Phi) is 14.6. The second kappa shape index (κ2) is 18.2. The highest BCUT2D eigenvalue weighted by Crippen LogP contribution is 2.51. The molecular formula is C38H50N2O13S3. The third-order valence-electron chi connectivity index (χ3n) is 10.4. The summed E-state index contributed by atoms with van der Waals surface area (Å²) in [5.74, 6) is -1.38. The van der Waals surface area contributed by atoms with Gasteiger partial charge in [-0.15, -0.1) is 0 Å². The van der Waals surface area contributed by atoms with Gasteiger partial charge >= 0.3 is 5.97 Å². The van der Waals surface area contributed by atoms with Crippen LogP contribution in [0.5, 0.6) is 0 Å². The zero-order valence-electron chi connectivity index (χ0n) is 31.9. The van der Waals surface area contributed by atoms with E-state index < -0.39 is 57.8 Å². The Hall–Kier alpha value is -3.75. The molecule has 2 unspecified atom stereocenters. The van der Waals surface area contributed by atoms with E-state index in [0.29, 0.717) is 67.8 Å². The molecule has 2 aliphatic heterocycles. The van der Waals surface area contributed by atoms with Crippen LogP contribution in [0.15, 0.2) is 82.3 Å². The van der Waals surface area contributed by atoms with Gasteiger partial charge in [0, 0.05) is 81.3 Å². The van der Waals surface area contributed by atoms with Crippen LogP contribution in [-0.2, 0) is 55.5 Å². The van der Waals surface area contributed by atoms with Crippen LogP contribution in [0.25, 0.3) is 0 Å². The van der Waals surface area contributed by atoms with E-state index in [1.165, 1.54) is 37.4 Å². The molecule has 18 heteroatoms. The third kappa shape index (κ3) is 10.6. The molecule has 2 aromatic carbocycles. The number of ether oxygens (including phenoxy) is 2. The van der Waals surface area contributed by atoms with Gasteiger partial charge in [0.05, 0.1) is 21.0 Å². The molecule has 2 atom stereocenters. The van der Waals surface area contributed by atoms with Crippen molar-refractivity contribution < 1.29 is 62.9 Å². The van der Waals surface area contributed by atoms with Crippen molar-refractivity contribution in [3.05, 3.63) is 83.6 Å². The Labute approximate surface area is 329 Å². The summed E-state index contributed by atoms with van der Waals surface area (Å²) in [6.45, 7) is 5.10. The first-order valence-corrected chi connectivity index (χ1v) is 22.5. The lowest BCUT2D eigenvalue weighted by atomic mass is 9.76. The molecule has 0 amide bonds. The van der Waals surface area contributed by atoms with E-state index in [1.54, 1.807) is 25.3 Å². The molecule has 2 heterocycles. The maximum absolute atomic E-state index is 12.2.